The molecule has 0 spiro atoms. The molecule has 5 rings (SSSR count). The zero-order valence-corrected chi connectivity index (χ0v) is 20.8. The smallest absolute Gasteiger partial charge is 0.265 e. The van der Waals surface area contributed by atoms with Crippen molar-refractivity contribution in [3.8, 4) is 0 Å². The van der Waals surface area contributed by atoms with Crippen molar-refractivity contribution >= 4 is 10.1 Å². The molecule has 1 aliphatic carbocycles. The maximum absolute atomic E-state index is 11.6. The topological polar surface area (TPSA) is 69.6 Å². The summed E-state index contributed by atoms with van der Waals surface area (Å²) >= 11 is 0. The fraction of sp³-hybridized carbons (Fsp3) is 0.310. The number of benzene rings is 3. The molecule has 2 unspecified atom stereocenters. The second-order valence-electron chi connectivity index (χ2n) is 9.73. The van der Waals surface area contributed by atoms with Gasteiger partial charge < -0.3 is 10.2 Å². The van der Waals surface area contributed by atoms with E-state index >= 15 is 0 Å². The molecule has 0 radical (unpaired) electrons. The molecule has 6 heteroatoms. The number of rotatable bonds is 7. The van der Waals surface area contributed by atoms with Crippen LogP contribution in [0.25, 0.3) is 0 Å². The molecule has 2 N–H and O–H groups in total. The lowest BCUT2D eigenvalue weighted by atomic mass is 9.74. The molecule has 0 aromatic heterocycles. The van der Waals surface area contributed by atoms with Crippen LogP contribution in [0.4, 0.5) is 0 Å². The minimum Gasteiger partial charge on any atom is -0.370 e. The van der Waals surface area contributed by atoms with Gasteiger partial charge in [-0.25, -0.2) is 0 Å². The van der Waals surface area contributed by atoms with Crippen LogP contribution in [-0.2, 0) is 15.7 Å². The summed E-state index contributed by atoms with van der Waals surface area (Å²) in [5.74, 6) is -0.145. The van der Waals surface area contributed by atoms with E-state index in [2.05, 4.69) is 83.0 Å². The predicted octanol–water partition coefficient (Wildman–Crippen LogP) is 5.38. The molecule has 0 bridgehead atoms. The van der Waals surface area contributed by atoms with Crippen molar-refractivity contribution < 1.29 is 13.0 Å². The predicted molar refractivity (Wildman–Crippen MR) is 139 cm³/mol. The molecular formula is C29H32N2O3S. The normalized spacial score (nSPS) is 19.3. The summed E-state index contributed by atoms with van der Waals surface area (Å²) in [6.07, 6.45) is 2.55. The molecule has 1 aliphatic heterocycles. The largest absolute Gasteiger partial charge is 0.370 e. The van der Waals surface area contributed by atoms with Crippen LogP contribution in [0.2, 0.25) is 0 Å². The fourth-order valence-corrected chi connectivity index (χ4v) is 6.90. The summed E-state index contributed by atoms with van der Waals surface area (Å²) < 4.78 is 32.7. The van der Waals surface area contributed by atoms with Gasteiger partial charge in [0.1, 0.15) is 5.54 Å². The number of nitrogens with one attached hydrogen (secondary N) is 1. The van der Waals surface area contributed by atoms with E-state index in [0.717, 1.165) is 19.3 Å². The number of allylic oxidation sites excluding steroid dienone is 2. The quantitative estimate of drug-likeness (QED) is 0.345. The van der Waals surface area contributed by atoms with Gasteiger partial charge in [-0.3, -0.25) is 4.55 Å². The first kappa shape index (κ1) is 23.6. The van der Waals surface area contributed by atoms with E-state index in [1.165, 1.54) is 28.1 Å². The Labute approximate surface area is 208 Å². The molecule has 0 amide bonds. The van der Waals surface area contributed by atoms with Gasteiger partial charge in [-0.05, 0) is 47.8 Å². The first-order chi connectivity index (χ1) is 16.9. The van der Waals surface area contributed by atoms with Crippen LogP contribution < -0.4 is 5.32 Å². The zero-order valence-electron chi connectivity index (χ0n) is 20.0. The Morgan fingerprint density at radius 2 is 1.40 bits per heavy atom. The minimum absolute atomic E-state index is 0.124. The van der Waals surface area contributed by atoms with E-state index in [1.807, 2.05) is 25.1 Å². The van der Waals surface area contributed by atoms with Crippen LogP contribution >= 0.6 is 0 Å². The van der Waals surface area contributed by atoms with E-state index < -0.39 is 15.7 Å². The maximum atomic E-state index is 11.6. The van der Waals surface area contributed by atoms with Gasteiger partial charge in [0.25, 0.3) is 10.1 Å². The summed E-state index contributed by atoms with van der Waals surface area (Å²) in [7, 11) is -4.01. The van der Waals surface area contributed by atoms with Crippen LogP contribution in [0.3, 0.4) is 0 Å². The van der Waals surface area contributed by atoms with Crippen molar-refractivity contribution in [2.75, 3.05) is 12.4 Å². The number of hydrogen-bond acceptors (Lipinski definition) is 4. The molecule has 5 nitrogen and oxygen atoms in total. The Morgan fingerprint density at radius 3 is 1.86 bits per heavy atom. The highest BCUT2D eigenvalue weighted by Crippen LogP contribution is 2.49. The Hall–Kier alpha value is -3.09. The van der Waals surface area contributed by atoms with Crippen LogP contribution in [0.15, 0.2) is 102 Å². The summed E-state index contributed by atoms with van der Waals surface area (Å²) in [6.45, 7) is 2.61. The lowest BCUT2D eigenvalue weighted by molar-refractivity contribution is 0.198. The van der Waals surface area contributed by atoms with Gasteiger partial charge >= 0.3 is 0 Å². The van der Waals surface area contributed by atoms with Gasteiger partial charge in [-0.15, -0.1) is 0 Å². The average Bonchev–Trinajstić information content (AvgIpc) is 3.29. The Morgan fingerprint density at radius 1 is 0.914 bits per heavy atom. The highest BCUT2D eigenvalue weighted by atomic mass is 32.2. The molecule has 1 heterocycles. The molecule has 0 fully saturated rings. The van der Waals surface area contributed by atoms with Gasteiger partial charge in [0.15, 0.2) is 0 Å². The first-order valence-corrected chi connectivity index (χ1v) is 13.9. The third kappa shape index (κ3) is 4.48. The molecule has 0 saturated carbocycles. The number of hydrogen-bond donors (Lipinski definition) is 2. The monoisotopic (exact) mass is 488 g/mol. The van der Waals surface area contributed by atoms with Crippen molar-refractivity contribution in [2.24, 2.45) is 11.8 Å². The molecule has 0 saturated heterocycles. The highest BCUT2D eigenvalue weighted by molar-refractivity contribution is 7.85. The molecule has 35 heavy (non-hydrogen) atoms. The molecular weight excluding hydrogens is 456 g/mol. The van der Waals surface area contributed by atoms with Gasteiger partial charge in [-0.1, -0.05) is 97.9 Å². The van der Waals surface area contributed by atoms with Gasteiger partial charge in [0, 0.05) is 11.4 Å². The summed E-state index contributed by atoms with van der Waals surface area (Å²) in [5.41, 5.74) is 5.47. The van der Waals surface area contributed by atoms with Crippen molar-refractivity contribution in [3.63, 3.8) is 0 Å². The van der Waals surface area contributed by atoms with E-state index in [0.29, 0.717) is 6.67 Å². The summed E-state index contributed by atoms with van der Waals surface area (Å²) in [4.78, 5) is 2.48. The fourth-order valence-electron chi connectivity index (χ4n) is 5.96. The van der Waals surface area contributed by atoms with E-state index in [4.69, 9.17) is 0 Å². The van der Waals surface area contributed by atoms with Crippen LogP contribution in [0, 0.1) is 11.8 Å². The first-order valence-electron chi connectivity index (χ1n) is 12.2. The third-order valence-corrected chi connectivity index (χ3v) is 8.55. The summed E-state index contributed by atoms with van der Waals surface area (Å²) in [5, 5.41) is 3.67. The van der Waals surface area contributed by atoms with E-state index in [9.17, 15) is 13.0 Å². The highest BCUT2D eigenvalue weighted by Gasteiger charge is 2.47. The van der Waals surface area contributed by atoms with Gasteiger partial charge in [0.2, 0.25) is 0 Å². The third-order valence-electron chi connectivity index (χ3n) is 7.60. The lowest BCUT2D eigenvalue weighted by Crippen LogP contribution is -2.48. The van der Waals surface area contributed by atoms with Gasteiger partial charge in [-0.2, -0.15) is 8.42 Å². The molecule has 182 valence electrons. The molecule has 3 aromatic rings. The van der Waals surface area contributed by atoms with Crippen molar-refractivity contribution in [2.45, 2.75) is 31.7 Å². The minimum atomic E-state index is -4.01. The second kappa shape index (κ2) is 9.51. The number of nitrogens with zero attached hydrogens (tertiary/aromatic N) is 1. The lowest BCUT2D eigenvalue weighted by Gasteiger charge is -2.46. The van der Waals surface area contributed by atoms with Gasteiger partial charge in [0.05, 0.1) is 12.4 Å². The SMILES string of the molecule is CC(CS(=O)(=O)O)C1CCC2=C(C1)N(C(c1ccccc1)(c1ccccc1)c1ccccc1)CN2. The Balaban J connectivity index is 1.66. The molecule has 2 atom stereocenters. The van der Waals surface area contributed by atoms with E-state index in [1.54, 1.807) is 0 Å². The van der Waals surface area contributed by atoms with Crippen molar-refractivity contribution in [1.82, 2.24) is 10.2 Å². The second-order valence-corrected chi connectivity index (χ2v) is 11.2. The molecule has 3 aromatic carbocycles. The molecule has 2 aliphatic rings. The van der Waals surface area contributed by atoms with Crippen molar-refractivity contribution in [1.29, 1.82) is 0 Å². The maximum Gasteiger partial charge on any atom is 0.265 e. The Bertz CT molecular complexity index is 1190. The van der Waals surface area contributed by atoms with E-state index in [-0.39, 0.29) is 17.6 Å². The zero-order chi connectivity index (χ0) is 24.5. The van der Waals surface area contributed by atoms with Crippen LogP contribution in [0.5, 0.6) is 0 Å². The summed E-state index contributed by atoms with van der Waals surface area (Å²) in [6, 6.07) is 31.8. The van der Waals surface area contributed by atoms with Crippen LogP contribution in [-0.4, -0.2) is 30.3 Å². The standard InChI is InChI=1S/C29H32N2O3S/c1-22(20-35(32,33)34)23-17-18-27-28(19-23)31(21-30-27)29(24-11-5-2-6-12-24,25-13-7-3-8-14-25)26-15-9-4-10-16-26/h2-16,22-23,30H,17-21H2,1H3,(H,32,33,34). The van der Waals surface area contributed by atoms with Crippen LogP contribution in [0.1, 0.15) is 42.9 Å². The Kier molecular flexibility index (Phi) is 6.43. The van der Waals surface area contributed by atoms with Crippen molar-refractivity contribution in [3.05, 3.63) is 119 Å². The average molecular weight is 489 g/mol.